The average Bonchev–Trinajstić information content (AvgIpc) is 3.30. The van der Waals surface area contributed by atoms with Gasteiger partial charge in [-0.3, -0.25) is 9.36 Å². The smallest absolute Gasteiger partial charge is 0.268 e. The standard InChI is InChI=1S/C59H115N2O6P/c1-6-8-10-12-14-16-18-20-22-23-24-25-26-27-28-29-30-31-32-33-34-35-36-37-39-41-43-45-47-49-51-53-59(63)60-57(56-67-68(64,65)66-55-54-61(3,4)5)58(62)52-50-48-46-44-42-40-38-21-19-17-15-13-11-9-7-2/h19,21,42,44,50,52,57-58,62H,6-18,20,22-41,43,45-49,51,53-56H2,1-5H3,(H-,60,63,64,65)/b21-19+,44-42+,52-50+. The summed E-state index contributed by atoms with van der Waals surface area (Å²) in [4.78, 5) is 25.5. The van der Waals surface area contributed by atoms with Crippen LogP contribution in [0.4, 0.5) is 0 Å². The molecular formula is C59H115N2O6P. The van der Waals surface area contributed by atoms with E-state index in [9.17, 15) is 19.4 Å². The van der Waals surface area contributed by atoms with Crippen molar-refractivity contribution in [2.75, 3.05) is 40.9 Å². The molecule has 3 unspecified atom stereocenters. The van der Waals surface area contributed by atoms with Crippen molar-refractivity contribution in [1.82, 2.24) is 5.32 Å². The van der Waals surface area contributed by atoms with Crippen LogP contribution < -0.4 is 10.2 Å². The third-order valence-corrected chi connectivity index (χ3v) is 14.3. The van der Waals surface area contributed by atoms with Crippen LogP contribution in [-0.4, -0.2) is 68.5 Å². The molecule has 2 N–H and O–H groups in total. The number of amides is 1. The summed E-state index contributed by atoms with van der Waals surface area (Å²) in [6, 6.07) is -0.907. The minimum atomic E-state index is -4.60. The summed E-state index contributed by atoms with van der Waals surface area (Å²) in [7, 11) is 1.24. The van der Waals surface area contributed by atoms with Crippen LogP contribution in [0.25, 0.3) is 0 Å². The second kappa shape index (κ2) is 50.7. The fourth-order valence-corrected chi connectivity index (χ4v) is 9.44. The SMILES string of the molecule is CCCCCCC/C=C/CC/C=C/CC/C=C/C(O)C(COP(=O)([O-])OCC[N+](C)(C)C)NC(=O)CCCCCCCCCCCCCCCCCCCCCCCCCCCCCCCCC. The largest absolute Gasteiger partial charge is 0.756 e. The number of hydrogen-bond donors (Lipinski definition) is 2. The molecule has 0 spiro atoms. The molecule has 9 heteroatoms. The van der Waals surface area contributed by atoms with Crippen LogP contribution in [0.1, 0.15) is 284 Å². The fraction of sp³-hybridized carbons (Fsp3) is 0.881. The summed E-state index contributed by atoms with van der Waals surface area (Å²) in [6.45, 7) is 4.63. The van der Waals surface area contributed by atoms with E-state index in [-0.39, 0.29) is 12.5 Å². The van der Waals surface area contributed by atoms with Crippen LogP contribution >= 0.6 is 7.82 Å². The van der Waals surface area contributed by atoms with E-state index in [1.165, 1.54) is 218 Å². The van der Waals surface area contributed by atoms with E-state index in [0.29, 0.717) is 17.4 Å². The monoisotopic (exact) mass is 979 g/mol. The first-order chi connectivity index (χ1) is 33.0. The summed E-state index contributed by atoms with van der Waals surface area (Å²) in [5, 5.41) is 13.8. The first-order valence-corrected chi connectivity index (χ1v) is 30.8. The molecule has 3 atom stereocenters. The number of quaternary nitrogens is 1. The van der Waals surface area contributed by atoms with Crippen molar-refractivity contribution in [3.05, 3.63) is 36.5 Å². The molecule has 0 saturated heterocycles. The number of allylic oxidation sites excluding steroid dienone is 5. The predicted molar refractivity (Wildman–Crippen MR) is 293 cm³/mol. The van der Waals surface area contributed by atoms with E-state index in [0.717, 1.165) is 44.9 Å². The van der Waals surface area contributed by atoms with Gasteiger partial charge < -0.3 is 28.8 Å². The number of phosphoric ester groups is 1. The number of likely N-dealkylation sites (N-methyl/N-ethyl adjacent to an activating group) is 1. The molecule has 0 aliphatic carbocycles. The Morgan fingerprint density at radius 3 is 1.19 bits per heavy atom. The number of hydrogen-bond acceptors (Lipinski definition) is 6. The number of carbonyl (C=O) groups excluding carboxylic acids is 1. The van der Waals surface area contributed by atoms with Gasteiger partial charge in [-0.1, -0.05) is 269 Å². The Bertz CT molecular complexity index is 1200. The van der Waals surface area contributed by atoms with Crippen LogP contribution in [0.15, 0.2) is 36.5 Å². The zero-order valence-corrected chi connectivity index (χ0v) is 46.7. The van der Waals surface area contributed by atoms with Gasteiger partial charge in [-0.2, -0.15) is 0 Å². The van der Waals surface area contributed by atoms with Crippen molar-refractivity contribution in [1.29, 1.82) is 0 Å². The highest BCUT2D eigenvalue weighted by atomic mass is 31.2. The van der Waals surface area contributed by atoms with E-state index in [2.05, 4.69) is 43.5 Å². The maximum Gasteiger partial charge on any atom is 0.268 e. The van der Waals surface area contributed by atoms with E-state index in [1.54, 1.807) is 6.08 Å². The summed E-state index contributed by atoms with van der Waals surface area (Å²) in [6.07, 6.45) is 65.3. The number of nitrogens with one attached hydrogen (secondary N) is 1. The average molecular weight is 980 g/mol. The molecule has 0 aliphatic heterocycles. The maximum atomic E-state index is 12.9. The number of rotatable bonds is 54. The van der Waals surface area contributed by atoms with Crippen LogP contribution in [0.5, 0.6) is 0 Å². The third-order valence-electron chi connectivity index (χ3n) is 13.3. The van der Waals surface area contributed by atoms with Crippen molar-refractivity contribution in [3.63, 3.8) is 0 Å². The van der Waals surface area contributed by atoms with E-state index in [1.807, 2.05) is 27.2 Å². The minimum Gasteiger partial charge on any atom is -0.756 e. The molecule has 0 aromatic rings. The predicted octanol–water partition coefficient (Wildman–Crippen LogP) is 17.1. The van der Waals surface area contributed by atoms with Gasteiger partial charge >= 0.3 is 0 Å². The molecule has 0 aromatic heterocycles. The molecule has 1 amide bonds. The van der Waals surface area contributed by atoms with Gasteiger partial charge in [-0.15, -0.1) is 0 Å². The number of unbranched alkanes of at least 4 members (excludes halogenated alkanes) is 37. The molecule has 0 heterocycles. The zero-order chi connectivity index (χ0) is 49.9. The Morgan fingerprint density at radius 2 is 0.824 bits per heavy atom. The quantitative estimate of drug-likeness (QED) is 0.0272. The first kappa shape index (κ1) is 66.7. The molecule has 0 aromatic carbocycles. The van der Waals surface area contributed by atoms with Crippen molar-refractivity contribution in [2.24, 2.45) is 0 Å². The molecule has 0 bridgehead atoms. The highest BCUT2D eigenvalue weighted by molar-refractivity contribution is 7.45. The molecular weight excluding hydrogens is 864 g/mol. The summed E-state index contributed by atoms with van der Waals surface area (Å²) < 4.78 is 23.3. The lowest BCUT2D eigenvalue weighted by molar-refractivity contribution is -0.870. The number of nitrogens with zero attached hydrogens (tertiary/aromatic N) is 1. The molecule has 0 fully saturated rings. The molecule has 0 aliphatic rings. The molecule has 68 heavy (non-hydrogen) atoms. The molecule has 8 nitrogen and oxygen atoms in total. The van der Waals surface area contributed by atoms with Gasteiger partial charge in [0, 0.05) is 6.42 Å². The van der Waals surface area contributed by atoms with Crippen LogP contribution in [0.2, 0.25) is 0 Å². The van der Waals surface area contributed by atoms with Crippen molar-refractivity contribution in [2.45, 2.75) is 296 Å². The van der Waals surface area contributed by atoms with Crippen molar-refractivity contribution < 1.29 is 32.9 Å². The highest BCUT2D eigenvalue weighted by Crippen LogP contribution is 2.38. The Hall–Kier alpha value is -1.28. The lowest BCUT2D eigenvalue weighted by Crippen LogP contribution is -2.45. The second-order valence-electron chi connectivity index (χ2n) is 21.3. The Balaban J connectivity index is 4.06. The second-order valence-corrected chi connectivity index (χ2v) is 22.8. The van der Waals surface area contributed by atoms with Crippen molar-refractivity contribution in [3.8, 4) is 0 Å². The van der Waals surface area contributed by atoms with Gasteiger partial charge in [0.25, 0.3) is 7.82 Å². The molecule has 402 valence electrons. The van der Waals surface area contributed by atoms with E-state index < -0.39 is 26.6 Å². The summed E-state index contributed by atoms with van der Waals surface area (Å²) in [5.74, 6) is -0.207. The Labute approximate surface area is 423 Å². The van der Waals surface area contributed by atoms with Gasteiger partial charge in [0.05, 0.1) is 39.9 Å². The number of phosphoric acid groups is 1. The van der Waals surface area contributed by atoms with Crippen LogP contribution in [-0.2, 0) is 18.4 Å². The van der Waals surface area contributed by atoms with E-state index >= 15 is 0 Å². The lowest BCUT2D eigenvalue weighted by Gasteiger charge is -2.29. The van der Waals surface area contributed by atoms with Gasteiger partial charge in [-0.25, -0.2) is 0 Å². The zero-order valence-electron chi connectivity index (χ0n) is 45.8. The van der Waals surface area contributed by atoms with Gasteiger partial charge in [0.2, 0.25) is 5.91 Å². The van der Waals surface area contributed by atoms with Crippen molar-refractivity contribution >= 4 is 13.7 Å². The number of carbonyl (C=O) groups is 1. The number of aliphatic hydroxyl groups is 1. The molecule has 0 radical (unpaired) electrons. The molecule has 0 rings (SSSR count). The van der Waals surface area contributed by atoms with E-state index in [4.69, 9.17) is 9.05 Å². The first-order valence-electron chi connectivity index (χ1n) is 29.4. The Kier molecular flexibility index (Phi) is 49.7. The van der Waals surface area contributed by atoms with Gasteiger partial charge in [-0.05, 0) is 44.9 Å². The third kappa shape index (κ3) is 52.5. The van der Waals surface area contributed by atoms with Crippen LogP contribution in [0.3, 0.4) is 0 Å². The Morgan fingerprint density at radius 1 is 0.500 bits per heavy atom. The maximum absolute atomic E-state index is 12.9. The normalized spacial score (nSPS) is 14.2. The summed E-state index contributed by atoms with van der Waals surface area (Å²) >= 11 is 0. The lowest BCUT2D eigenvalue weighted by atomic mass is 10.0. The minimum absolute atomic E-state index is 0.00755. The molecule has 0 saturated carbocycles. The highest BCUT2D eigenvalue weighted by Gasteiger charge is 2.23. The number of aliphatic hydroxyl groups excluding tert-OH is 1. The van der Waals surface area contributed by atoms with Gasteiger partial charge in [0.1, 0.15) is 13.2 Å². The summed E-state index contributed by atoms with van der Waals surface area (Å²) in [5.41, 5.74) is 0. The fourth-order valence-electron chi connectivity index (χ4n) is 8.72. The van der Waals surface area contributed by atoms with Crippen LogP contribution in [0, 0.1) is 0 Å². The topological polar surface area (TPSA) is 108 Å². The van der Waals surface area contributed by atoms with Gasteiger partial charge in [0.15, 0.2) is 0 Å².